The van der Waals surface area contributed by atoms with Gasteiger partial charge in [0.1, 0.15) is 18.7 Å². The van der Waals surface area contributed by atoms with Gasteiger partial charge >= 0.3 is 19.5 Å². The van der Waals surface area contributed by atoms with Crippen molar-refractivity contribution < 1.29 is 61.1 Å². The van der Waals surface area contributed by atoms with E-state index in [-0.39, 0.29) is 74.9 Å². The number of carbonyl (C=O) groups excluding carboxylic acids is 2. The van der Waals surface area contributed by atoms with Crippen LogP contribution in [0.4, 0.5) is 11.9 Å². The minimum absolute atomic E-state index is 0.00921. The molecule has 2 aromatic carbocycles. The summed E-state index contributed by atoms with van der Waals surface area (Å²) in [5.41, 5.74) is 15.0. The fraction of sp³-hybridized carbons (Fsp3) is 0.442. The average Bonchev–Trinajstić information content (AvgIpc) is 3.94. The number of hydrogen-bond donors (Lipinski definition) is 4. The second-order valence-corrected chi connectivity index (χ2v) is 18.7. The van der Waals surface area contributed by atoms with E-state index in [1.165, 1.54) is 14.2 Å². The SMILES string of the molecule is CCOC(=O)C(C)C.CCOC(=O)[C@H](C)NP(=O)(COCCn1cnc2c(OC)nc(N)nc21)OCc1ccccc1.COc1nc(N)nc2c1ncn2CCOCP(=O)(O)OCc1ccccc1. The first-order valence-corrected chi connectivity index (χ1v) is 25.2. The number of anilines is 2. The maximum Gasteiger partial charge on any atom is 0.353 e. The number of imidazole rings is 2. The lowest BCUT2D eigenvalue weighted by Gasteiger charge is -2.23. The number of benzene rings is 2. The molecule has 0 saturated carbocycles. The van der Waals surface area contributed by atoms with Crippen molar-refractivity contribution in [1.29, 1.82) is 0 Å². The van der Waals surface area contributed by atoms with Crippen LogP contribution in [0.2, 0.25) is 0 Å². The summed E-state index contributed by atoms with van der Waals surface area (Å²) < 4.78 is 70.7. The Kier molecular flexibility index (Phi) is 22.3. The Labute approximate surface area is 399 Å². The Morgan fingerprint density at radius 3 is 1.57 bits per heavy atom. The molecule has 0 fully saturated rings. The highest BCUT2D eigenvalue weighted by atomic mass is 31.2. The molecule has 4 heterocycles. The Hall–Kier alpha value is -6.10. The lowest BCUT2D eigenvalue weighted by Crippen LogP contribution is -2.34. The number of nitrogens with one attached hydrogen (secondary N) is 1. The Morgan fingerprint density at radius 2 is 1.13 bits per heavy atom. The number of nitrogen functional groups attached to an aromatic ring is 2. The molecule has 2 unspecified atom stereocenters. The van der Waals surface area contributed by atoms with E-state index in [1.54, 1.807) is 42.6 Å². The average molecular weight is 1000 g/mol. The number of nitrogens with two attached hydrogens (primary N) is 2. The molecule has 0 aliphatic carbocycles. The van der Waals surface area contributed by atoms with Crippen LogP contribution in [0.15, 0.2) is 73.3 Å². The minimum atomic E-state index is -3.85. The maximum atomic E-state index is 13.5. The number of methoxy groups -OCH3 is 2. The molecule has 4 aromatic heterocycles. The fourth-order valence-corrected chi connectivity index (χ4v) is 8.18. The van der Waals surface area contributed by atoms with Crippen molar-refractivity contribution in [2.45, 2.75) is 67.0 Å². The molecule has 0 radical (unpaired) electrons. The Balaban J connectivity index is 0.000000264. The number of fused-ring (bicyclic) bond motifs is 2. The van der Waals surface area contributed by atoms with Gasteiger partial charge in [0.15, 0.2) is 22.3 Å². The third kappa shape index (κ3) is 18.1. The van der Waals surface area contributed by atoms with E-state index in [0.717, 1.165) is 11.1 Å². The highest BCUT2D eigenvalue weighted by Gasteiger charge is 2.30. The van der Waals surface area contributed by atoms with Gasteiger partial charge in [0.2, 0.25) is 23.7 Å². The molecule has 0 saturated heterocycles. The van der Waals surface area contributed by atoms with E-state index >= 15 is 0 Å². The van der Waals surface area contributed by atoms with Gasteiger partial charge in [-0.15, -0.1) is 0 Å². The molecule has 0 bridgehead atoms. The first-order valence-electron chi connectivity index (χ1n) is 21.6. The van der Waals surface area contributed by atoms with Crippen LogP contribution in [0.3, 0.4) is 0 Å². The van der Waals surface area contributed by atoms with Crippen molar-refractivity contribution in [3.8, 4) is 11.8 Å². The van der Waals surface area contributed by atoms with Gasteiger partial charge in [0.05, 0.1) is 72.4 Å². The third-order valence-corrected chi connectivity index (χ3v) is 12.0. The van der Waals surface area contributed by atoms with Crippen molar-refractivity contribution in [2.24, 2.45) is 5.92 Å². The van der Waals surface area contributed by atoms with Gasteiger partial charge in [0, 0.05) is 13.1 Å². The first-order chi connectivity index (χ1) is 33.0. The van der Waals surface area contributed by atoms with Gasteiger partial charge in [-0.2, -0.15) is 19.9 Å². The number of hydrogen-bond acceptors (Lipinski definition) is 20. The van der Waals surface area contributed by atoms with Crippen LogP contribution in [0.25, 0.3) is 22.3 Å². The van der Waals surface area contributed by atoms with E-state index in [2.05, 4.69) is 39.7 Å². The van der Waals surface area contributed by atoms with Crippen molar-refractivity contribution in [2.75, 3.05) is 64.8 Å². The van der Waals surface area contributed by atoms with Crippen molar-refractivity contribution >= 4 is 61.3 Å². The van der Waals surface area contributed by atoms with Crippen molar-refractivity contribution in [1.82, 2.24) is 44.1 Å². The van der Waals surface area contributed by atoms with Gasteiger partial charge in [-0.05, 0) is 31.9 Å². The minimum Gasteiger partial charge on any atom is -0.479 e. The molecule has 6 N–H and O–H groups in total. The third-order valence-electron chi connectivity index (χ3n) is 9.10. The molecule has 3 atom stereocenters. The van der Waals surface area contributed by atoms with Gasteiger partial charge in [-0.3, -0.25) is 18.7 Å². The van der Waals surface area contributed by atoms with E-state index in [9.17, 15) is 23.6 Å². The van der Waals surface area contributed by atoms with E-state index in [4.69, 9.17) is 44.2 Å². The molecule has 6 aromatic rings. The van der Waals surface area contributed by atoms with E-state index in [0.29, 0.717) is 42.0 Å². The molecule has 0 spiro atoms. The molecule has 69 heavy (non-hydrogen) atoms. The number of esters is 2. The summed E-state index contributed by atoms with van der Waals surface area (Å²) in [4.78, 5) is 57.2. The van der Waals surface area contributed by atoms with Crippen molar-refractivity contribution in [3.05, 3.63) is 84.4 Å². The van der Waals surface area contributed by atoms with Crippen molar-refractivity contribution in [3.63, 3.8) is 0 Å². The zero-order valence-electron chi connectivity index (χ0n) is 39.6. The largest absolute Gasteiger partial charge is 0.479 e. The van der Waals surface area contributed by atoms with Gasteiger partial charge in [-0.25, -0.2) is 15.1 Å². The Bertz CT molecular complexity index is 2620. The van der Waals surface area contributed by atoms with Crippen LogP contribution in [-0.4, -0.2) is 115 Å². The molecule has 26 heteroatoms. The first kappa shape index (κ1) is 55.5. The number of nitrogens with zero attached hydrogens (tertiary/aromatic N) is 8. The van der Waals surface area contributed by atoms with Gasteiger partial charge in [0.25, 0.3) is 7.52 Å². The molecule has 0 amide bonds. The number of carbonyl (C=O) groups is 2. The highest BCUT2D eigenvalue weighted by molar-refractivity contribution is 7.56. The van der Waals surface area contributed by atoms with Crippen LogP contribution in [0, 0.1) is 5.92 Å². The molecular weight excluding hydrogens is 940 g/mol. The molecule has 376 valence electrons. The Morgan fingerprint density at radius 1 is 0.681 bits per heavy atom. The van der Waals surface area contributed by atoms with Gasteiger partial charge in [-0.1, -0.05) is 74.5 Å². The number of ether oxygens (including phenoxy) is 6. The maximum absolute atomic E-state index is 13.5. The van der Waals surface area contributed by atoms with Crippen LogP contribution < -0.4 is 26.0 Å². The summed E-state index contributed by atoms with van der Waals surface area (Å²) in [7, 11) is -4.46. The molecule has 24 nitrogen and oxygen atoms in total. The summed E-state index contributed by atoms with van der Waals surface area (Å²) in [6, 6.07) is 17.6. The quantitative estimate of drug-likeness (QED) is 0.0338. The molecular formula is C43H61N11O13P2. The topological polar surface area (TPSA) is 314 Å². The van der Waals surface area contributed by atoms with Crippen LogP contribution in [0.5, 0.6) is 11.8 Å². The fourth-order valence-electron chi connectivity index (χ4n) is 5.75. The van der Waals surface area contributed by atoms with Gasteiger partial charge < -0.3 is 63.0 Å². The summed E-state index contributed by atoms with van der Waals surface area (Å²) in [5, 5.41) is 2.75. The summed E-state index contributed by atoms with van der Waals surface area (Å²) in [6.07, 6.45) is 2.45. The van der Waals surface area contributed by atoms with E-state index in [1.807, 2.05) is 74.5 Å². The summed E-state index contributed by atoms with van der Waals surface area (Å²) >= 11 is 0. The predicted molar refractivity (Wildman–Crippen MR) is 255 cm³/mol. The number of aromatic nitrogens is 8. The molecule has 6 rings (SSSR count). The zero-order chi connectivity index (χ0) is 50.4. The second-order valence-electron chi connectivity index (χ2n) is 14.8. The molecule has 0 aliphatic rings. The normalized spacial score (nSPS) is 13.3. The van der Waals surface area contributed by atoms with E-state index < -0.39 is 33.5 Å². The smallest absolute Gasteiger partial charge is 0.353 e. The summed E-state index contributed by atoms with van der Waals surface area (Å²) in [6.45, 7) is 10.6. The lowest BCUT2D eigenvalue weighted by atomic mass is 10.2. The highest BCUT2D eigenvalue weighted by Crippen LogP contribution is 2.44. The van der Waals surface area contributed by atoms with Crippen LogP contribution in [0.1, 0.15) is 45.7 Å². The van der Waals surface area contributed by atoms with Crippen LogP contribution >= 0.6 is 15.1 Å². The monoisotopic (exact) mass is 1000 g/mol. The second kappa shape index (κ2) is 27.8. The summed E-state index contributed by atoms with van der Waals surface area (Å²) in [5.74, 6) is 0.0493. The lowest BCUT2D eigenvalue weighted by molar-refractivity contribution is -0.147. The molecule has 0 aliphatic heterocycles. The number of rotatable bonds is 24. The zero-order valence-corrected chi connectivity index (χ0v) is 41.4. The predicted octanol–water partition coefficient (Wildman–Crippen LogP) is 5.34. The standard InChI is InChI=1S/C21H29N6O6P.C16H20N5O5P.C6H12O2/c1-4-32-20(28)15(2)26-34(29,33-12-16-8-6-5-7-9-16)14-31-11-10-27-13-23-17-18(27)24-21(22)25-19(17)30-3;1-24-15-13-14(19-16(17)20-15)21(10-18-13)7-8-25-11-27(22,23)26-9-12-5-3-2-4-6-12;1-4-8-6(7)5(2)3/h5-9,13,15H,4,10-12,14H2,1-3H3,(H,26,29)(H2,22,24,25);2-6,10H,7-9,11H2,1H3,(H,22,23)(H2,17,19,20);5H,4H2,1-3H3/t15-,34?;;/m0../s1. The van der Waals surface area contributed by atoms with Crippen LogP contribution in [-0.2, 0) is 73.0 Å².